The summed E-state index contributed by atoms with van der Waals surface area (Å²) in [6.07, 6.45) is 1.25. The minimum absolute atomic E-state index is 0.0410. The monoisotopic (exact) mass is 358 g/mol. The van der Waals surface area contributed by atoms with Gasteiger partial charge in [-0.25, -0.2) is 14.6 Å². The van der Waals surface area contributed by atoms with Crippen LogP contribution in [0.5, 0.6) is 5.75 Å². The zero-order valence-electron chi connectivity index (χ0n) is 15.2. The van der Waals surface area contributed by atoms with E-state index in [4.69, 9.17) is 14.6 Å². The van der Waals surface area contributed by atoms with Gasteiger partial charge in [0.05, 0.1) is 17.7 Å². The minimum atomic E-state index is -1.08. The number of anilines is 2. The number of carboxylic acids is 1. The number of hydrogen-bond acceptors (Lipinski definition) is 6. The van der Waals surface area contributed by atoms with E-state index in [1.165, 1.54) is 12.3 Å². The summed E-state index contributed by atoms with van der Waals surface area (Å²) in [6, 6.07) is 8.12. The lowest BCUT2D eigenvalue weighted by atomic mass is 10.1. The number of nitrogens with one attached hydrogen (secondary N) is 1. The van der Waals surface area contributed by atoms with Crippen LogP contribution in [0.1, 0.15) is 48.4 Å². The highest BCUT2D eigenvalue weighted by atomic mass is 16.6. The number of pyridine rings is 1. The first-order valence-corrected chi connectivity index (χ1v) is 8.16. The molecule has 2 rings (SSSR count). The lowest BCUT2D eigenvalue weighted by Gasteiger charge is -2.19. The molecule has 1 aromatic carbocycles. The number of esters is 1. The summed E-state index contributed by atoms with van der Waals surface area (Å²) in [4.78, 5) is 27.2. The molecular formula is C19H22N2O5. The van der Waals surface area contributed by atoms with Crippen LogP contribution in [0.25, 0.3) is 0 Å². The van der Waals surface area contributed by atoms with Gasteiger partial charge in [-0.1, -0.05) is 0 Å². The van der Waals surface area contributed by atoms with Crippen molar-refractivity contribution in [3.8, 4) is 5.75 Å². The fourth-order valence-corrected chi connectivity index (χ4v) is 2.08. The van der Waals surface area contributed by atoms with Crippen LogP contribution in [-0.4, -0.2) is 34.2 Å². The van der Waals surface area contributed by atoms with E-state index >= 15 is 0 Å². The highest BCUT2D eigenvalue weighted by molar-refractivity contribution is 5.90. The summed E-state index contributed by atoms with van der Waals surface area (Å²) >= 11 is 0. The Labute approximate surface area is 152 Å². The summed E-state index contributed by atoms with van der Waals surface area (Å²) in [5.74, 6) is -0.750. The highest BCUT2D eigenvalue weighted by Gasteiger charge is 2.18. The maximum absolute atomic E-state index is 12.0. The van der Waals surface area contributed by atoms with Crippen molar-refractivity contribution in [2.45, 2.75) is 33.3 Å². The predicted molar refractivity (Wildman–Crippen MR) is 97.3 cm³/mol. The molecule has 0 aliphatic rings. The second-order valence-corrected chi connectivity index (χ2v) is 6.51. The molecular weight excluding hydrogens is 336 g/mol. The Balaban J connectivity index is 2.18. The van der Waals surface area contributed by atoms with Crippen LogP contribution in [-0.2, 0) is 4.74 Å². The van der Waals surface area contributed by atoms with E-state index in [2.05, 4.69) is 10.3 Å². The number of carboxylic acid groups (broad SMARTS) is 1. The third kappa shape index (κ3) is 5.20. The lowest BCUT2D eigenvalue weighted by molar-refractivity contribution is 0.00693. The van der Waals surface area contributed by atoms with Crippen LogP contribution < -0.4 is 10.1 Å². The molecule has 0 radical (unpaired) electrons. The van der Waals surface area contributed by atoms with Gasteiger partial charge in [-0.05, 0) is 52.0 Å². The van der Waals surface area contributed by atoms with Crippen molar-refractivity contribution in [2.24, 2.45) is 0 Å². The largest absolute Gasteiger partial charge is 0.490 e. The first-order chi connectivity index (χ1) is 12.2. The van der Waals surface area contributed by atoms with Gasteiger partial charge in [-0.15, -0.1) is 0 Å². The number of carbonyl (C=O) groups is 2. The molecule has 1 aromatic heterocycles. The van der Waals surface area contributed by atoms with Crippen molar-refractivity contribution in [3.63, 3.8) is 0 Å². The Bertz CT molecular complexity index is 795. The number of benzene rings is 1. The Morgan fingerprint density at radius 2 is 1.81 bits per heavy atom. The number of nitrogens with zero attached hydrogens (tertiary/aromatic N) is 1. The number of ether oxygens (including phenoxy) is 2. The SMILES string of the molecule is CCOc1cc(C(=O)O)cnc1Nc1ccc(C(=O)OC(C)(C)C)cc1. The zero-order chi connectivity index (χ0) is 19.3. The van der Waals surface area contributed by atoms with Gasteiger partial charge in [-0.2, -0.15) is 0 Å². The molecule has 2 N–H and O–H groups in total. The fraction of sp³-hybridized carbons (Fsp3) is 0.316. The predicted octanol–water partition coefficient (Wildman–Crippen LogP) is 3.88. The third-order valence-corrected chi connectivity index (χ3v) is 3.18. The Morgan fingerprint density at radius 1 is 1.15 bits per heavy atom. The molecule has 0 unspecified atom stereocenters. The third-order valence-electron chi connectivity index (χ3n) is 3.18. The maximum atomic E-state index is 12.0. The molecule has 0 amide bonds. The van der Waals surface area contributed by atoms with E-state index < -0.39 is 17.5 Å². The molecule has 0 bridgehead atoms. The first kappa shape index (κ1) is 19.2. The lowest BCUT2D eigenvalue weighted by Crippen LogP contribution is -2.23. The van der Waals surface area contributed by atoms with Crippen molar-refractivity contribution in [1.29, 1.82) is 0 Å². The van der Waals surface area contributed by atoms with Crippen molar-refractivity contribution in [3.05, 3.63) is 47.7 Å². The minimum Gasteiger partial charge on any atom is -0.490 e. The van der Waals surface area contributed by atoms with Gasteiger partial charge in [0.2, 0.25) is 0 Å². The number of carbonyl (C=O) groups excluding carboxylic acids is 1. The fourth-order valence-electron chi connectivity index (χ4n) is 2.08. The number of hydrogen-bond donors (Lipinski definition) is 2. The van der Waals surface area contributed by atoms with Crippen LogP contribution in [0.15, 0.2) is 36.5 Å². The van der Waals surface area contributed by atoms with Gasteiger partial charge in [0.15, 0.2) is 11.6 Å². The summed E-state index contributed by atoms with van der Waals surface area (Å²) in [5.41, 5.74) is 0.591. The van der Waals surface area contributed by atoms with Crippen LogP contribution in [0.3, 0.4) is 0 Å². The van der Waals surface area contributed by atoms with Gasteiger partial charge < -0.3 is 19.9 Å². The summed E-state index contributed by atoms with van der Waals surface area (Å²) < 4.78 is 10.8. The molecule has 7 nitrogen and oxygen atoms in total. The van der Waals surface area contributed by atoms with Crippen molar-refractivity contribution in [2.75, 3.05) is 11.9 Å². The van der Waals surface area contributed by atoms with E-state index in [9.17, 15) is 9.59 Å². The average molecular weight is 358 g/mol. The molecule has 0 atom stereocenters. The summed E-state index contributed by atoms with van der Waals surface area (Å²) in [5, 5.41) is 12.1. The Hall–Kier alpha value is -3.09. The van der Waals surface area contributed by atoms with E-state index in [1.807, 2.05) is 20.8 Å². The van der Waals surface area contributed by atoms with Crippen LogP contribution in [0.2, 0.25) is 0 Å². The number of aromatic nitrogens is 1. The summed E-state index contributed by atoms with van der Waals surface area (Å²) in [6.45, 7) is 7.59. The van der Waals surface area contributed by atoms with Gasteiger partial charge in [-0.3, -0.25) is 0 Å². The smallest absolute Gasteiger partial charge is 0.338 e. The molecule has 1 heterocycles. The van der Waals surface area contributed by atoms with Crippen molar-refractivity contribution < 1.29 is 24.2 Å². The van der Waals surface area contributed by atoms with Crippen molar-refractivity contribution >= 4 is 23.4 Å². The molecule has 0 saturated carbocycles. The maximum Gasteiger partial charge on any atom is 0.338 e. The van der Waals surface area contributed by atoms with Gasteiger partial charge >= 0.3 is 11.9 Å². The Kier molecular flexibility index (Phi) is 5.82. The average Bonchev–Trinajstić information content (AvgIpc) is 2.55. The van der Waals surface area contributed by atoms with E-state index in [1.54, 1.807) is 31.2 Å². The van der Waals surface area contributed by atoms with Crippen LogP contribution in [0.4, 0.5) is 11.5 Å². The molecule has 0 saturated heterocycles. The first-order valence-electron chi connectivity index (χ1n) is 8.16. The van der Waals surface area contributed by atoms with E-state index in [-0.39, 0.29) is 5.56 Å². The molecule has 7 heteroatoms. The molecule has 0 spiro atoms. The van der Waals surface area contributed by atoms with Gasteiger partial charge in [0.25, 0.3) is 0 Å². The van der Waals surface area contributed by atoms with Gasteiger partial charge in [0, 0.05) is 18.0 Å². The van der Waals surface area contributed by atoms with E-state index in [0.717, 1.165) is 0 Å². The second-order valence-electron chi connectivity index (χ2n) is 6.51. The second kappa shape index (κ2) is 7.86. The normalized spacial score (nSPS) is 10.9. The number of rotatable bonds is 6. The topological polar surface area (TPSA) is 97.8 Å². The van der Waals surface area contributed by atoms with Crippen LogP contribution in [0, 0.1) is 0 Å². The zero-order valence-corrected chi connectivity index (χ0v) is 15.2. The highest BCUT2D eigenvalue weighted by Crippen LogP contribution is 2.27. The quantitative estimate of drug-likeness (QED) is 0.756. The molecule has 2 aromatic rings. The number of aromatic carboxylic acids is 1. The van der Waals surface area contributed by atoms with E-state index in [0.29, 0.717) is 29.4 Å². The standard InChI is InChI=1S/C19H22N2O5/c1-5-25-15-10-13(17(22)23)11-20-16(15)21-14-8-6-12(7-9-14)18(24)26-19(2,3)4/h6-11H,5H2,1-4H3,(H,20,21)(H,22,23). The molecule has 0 aliphatic carbocycles. The Morgan fingerprint density at radius 3 is 2.35 bits per heavy atom. The van der Waals surface area contributed by atoms with Crippen molar-refractivity contribution in [1.82, 2.24) is 4.98 Å². The summed E-state index contributed by atoms with van der Waals surface area (Å²) in [7, 11) is 0. The van der Waals surface area contributed by atoms with Gasteiger partial charge in [0.1, 0.15) is 5.60 Å². The molecule has 0 aliphatic heterocycles. The van der Waals surface area contributed by atoms with Crippen LogP contribution >= 0.6 is 0 Å². The molecule has 0 fully saturated rings. The molecule has 26 heavy (non-hydrogen) atoms. The molecule has 138 valence electrons.